The van der Waals surface area contributed by atoms with Gasteiger partial charge in [0.2, 0.25) is 5.27 Å². The van der Waals surface area contributed by atoms with E-state index in [1.807, 2.05) is 6.92 Å². The maximum Gasteiger partial charge on any atom is 0.397 e. The summed E-state index contributed by atoms with van der Waals surface area (Å²) in [7, 11) is 0. The number of rotatable bonds is 4. The number of hydrogen-bond donors (Lipinski definition) is 2. The second kappa shape index (κ2) is 6.16. The first-order valence-corrected chi connectivity index (χ1v) is 6.17. The van der Waals surface area contributed by atoms with Crippen molar-refractivity contribution < 1.29 is 14.1 Å². The van der Waals surface area contributed by atoms with Gasteiger partial charge in [0.25, 0.3) is 5.69 Å². The Kier molecular flexibility index (Phi) is 4.31. The number of carbonyl (C=O) groups is 1. The van der Waals surface area contributed by atoms with Crippen LogP contribution < -0.4 is 15.4 Å². The van der Waals surface area contributed by atoms with E-state index in [1.54, 1.807) is 24.3 Å². The summed E-state index contributed by atoms with van der Waals surface area (Å²) in [5, 5.41) is 13.3. The van der Waals surface area contributed by atoms with Crippen molar-refractivity contribution in [2.24, 2.45) is 0 Å². The number of benzene rings is 1. The highest BCUT2D eigenvalue weighted by Gasteiger charge is 2.21. The van der Waals surface area contributed by atoms with Crippen LogP contribution in [0.25, 0.3) is 5.69 Å². The fourth-order valence-corrected chi connectivity index (χ4v) is 1.63. The molecule has 0 saturated heterocycles. The van der Waals surface area contributed by atoms with Gasteiger partial charge in [-0.05, 0) is 13.0 Å². The number of amides is 2. The second-order valence-corrected chi connectivity index (χ2v) is 4.28. The predicted molar refractivity (Wildman–Crippen MR) is 72.8 cm³/mol. The van der Waals surface area contributed by atoms with Crippen LogP contribution in [0.15, 0.2) is 35.4 Å². The molecule has 8 heteroatoms. The summed E-state index contributed by atoms with van der Waals surface area (Å²) < 4.78 is 4.93. The quantitative estimate of drug-likeness (QED) is 0.663. The van der Waals surface area contributed by atoms with Crippen LogP contribution in [0.4, 0.5) is 10.8 Å². The fraction of sp³-hybridized carbons (Fsp3) is 0.167. The molecule has 1 heterocycles. The lowest BCUT2D eigenvalue weighted by atomic mass is 10.2. The molecule has 1 aromatic heterocycles. The number of urea groups is 1. The lowest BCUT2D eigenvalue weighted by Gasteiger charge is -1.98. The molecule has 2 rings (SSSR count). The zero-order chi connectivity index (χ0) is 14.5. The molecular formula is C12H13ClN5O2+. The Morgan fingerprint density at radius 2 is 2.40 bits per heavy atom. The molecule has 0 saturated carbocycles. The molecule has 2 amide bonds. The van der Waals surface area contributed by atoms with Crippen LogP contribution in [0, 0.1) is 6.92 Å². The SMILES string of the molecule is C=CCNC(=O)Nc1n[n+](-c2cccc(Cl)c2C)no1. The Balaban J connectivity index is 2.14. The molecule has 0 spiro atoms. The molecule has 7 nitrogen and oxygen atoms in total. The van der Waals surface area contributed by atoms with E-state index in [1.165, 1.54) is 4.80 Å². The molecule has 2 N–H and O–H groups in total. The van der Waals surface area contributed by atoms with Gasteiger partial charge in [-0.1, -0.05) is 23.7 Å². The number of aromatic nitrogens is 3. The summed E-state index contributed by atoms with van der Waals surface area (Å²) in [6, 6.07) is 4.86. The van der Waals surface area contributed by atoms with E-state index in [-0.39, 0.29) is 6.01 Å². The molecule has 0 aliphatic heterocycles. The first kappa shape index (κ1) is 14.0. The lowest BCUT2D eigenvalue weighted by molar-refractivity contribution is -0.725. The highest BCUT2D eigenvalue weighted by Crippen LogP contribution is 2.18. The first-order valence-electron chi connectivity index (χ1n) is 5.79. The Bertz CT molecular complexity index is 641. The van der Waals surface area contributed by atoms with Gasteiger partial charge in [-0.2, -0.15) is 0 Å². The van der Waals surface area contributed by atoms with Gasteiger partial charge in [0.15, 0.2) is 0 Å². The fourth-order valence-electron chi connectivity index (χ4n) is 1.46. The smallest absolute Gasteiger partial charge is 0.334 e. The number of nitrogens with one attached hydrogen (secondary N) is 2. The van der Waals surface area contributed by atoms with Crippen molar-refractivity contribution in [1.29, 1.82) is 0 Å². The van der Waals surface area contributed by atoms with Crippen LogP contribution in [0.2, 0.25) is 5.02 Å². The van der Waals surface area contributed by atoms with Gasteiger partial charge in [-0.3, -0.25) is 9.84 Å². The summed E-state index contributed by atoms with van der Waals surface area (Å²) in [5.41, 5.74) is 1.48. The van der Waals surface area contributed by atoms with Crippen molar-refractivity contribution in [1.82, 2.24) is 15.7 Å². The van der Waals surface area contributed by atoms with Crippen molar-refractivity contribution in [3.8, 4) is 5.69 Å². The van der Waals surface area contributed by atoms with Crippen LogP contribution in [-0.4, -0.2) is 22.9 Å². The van der Waals surface area contributed by atoms with Gasteiger partial charge in [0.05, 0.1) is 10.1 Å². The molecule has 0 radical (unpaired) electrons. The third-order valence-electron chi connectivity index (χ3n) is 2.47. The third kappa shape index (κ3) is 3.12. The predicted octanol–water partition coefficient (Wildman–Crippen LogP) is 1.62. The van der Waals surface area contributed by atoms with Crippen molar-refractivity contribution in [3.63, 3.8) is 0 Å². The molecule has 20 heavy (non-hydrogen) atoms. The average molecular weight is 295 g/mol. The number of halogens is 1. The molecule has 2 aromatic rings. The highest BCUT2D eigenvalue weighted by atomic mass is 35.5. The normalized spacial score (nSPS) is 10.1. The van der Waals surface area contributed by atoms with Crippen LogP contribution in [0.1, 0.15) is 5.56 Å². The number of carbonyl (C=O) groups excluding carboxylic acids is 1. The van der Waals surface area contributed by atoms with E-state index in [0.29, 0.717) is 17.3 Å². The van der Waals surface area contributed by atoms with Crippen LogP contribution in [-0.2, 0) is 0 Å². The van der Waals surface area contributed by atoms with Gasteiger partial charge in [-0.15, -0.1) is 6.58 Å². The van der Waals surface area contributed by atoms with Crippen molar-refractivity contribution in [2.75, 3.05) is 11.9 Å². The van der Waals surface area contributed by atoms with Crippen molar-refractivity contribution >= 4 is 23.6 Å². The van der Waals surface area contributed by atoms with E-state index in [0.717, 1.165) is 5.56 Å². The lowest BCUT2D eigenvalue weighted by Crippen LogP contribution is -2.37. The molecule has 0 fully saturated rings. The molecule has 0 aliphatic rings. The molecule has 0 bridgehead atoms. The summed E-state index contributed by atoms with van der Waals surface area (Å²) >= 11 is 6.02. The molecule has 0 aliphatic carbocycles. The molecule has 0 atom stereocenters. The Hall–Kier alpha value is -2.41. The van der Waals surface area contributed by atoms with E-state index in [4.69, 9.17) is 16.1 Å². The van der Waals surface area contributed by atoms with E-state index in [9.17, 15) is 4.79 Å². The summed E-state index contributed by atoms with van der Waals surface area (Å²) in [6.45, 7) is 5.67. The minimum atomic E-state index is -0.455. The Morgan fingerprint density at radius 1 is 1.60 bits per heavy atom. The molecular weight excluding hydrogens is 282 g/mol. The molecule has 1 aromatic carbocycles. The number of hydrogen-bond acceptors (Lipinski definition) is 4. The number of anilines is 1. The van der Waals surface area contributed by atoms with Gasteiger partial charge < -0.3 is 5.32 Å². The zero-order valence-electron chi connectivity index (χ0n) is 10.8. The van der Waals surface area contributed by atoms with Gasteiger partial charge in [0, 0.05) is 18.2 Å². The maximum atomic E-state index is 11.4. The van der Waals surface area contributed by atoms with Gasteiger partial charge >= 0.3 is 12.0 Å². The Morgan fingerprint density at radius 3 is 3.15 bits per heavy atom. The standard InChI is InChI=1S/C12H12ClN5O2/c1-3-7-14-11(19)15-12-16-18(17-20-12)10-6-4-5-9(13)8(10)2/h3-6H,1,7H2,2H3,(H-,14,15,16,17,19)/p+1. The zero-order valence-corrected chi connectivity index (χ0v) is 11.5. The van der Waals surface area contributed by atoms with E-state index in [2.05, 4.69) is 27.6 Å². The summed E-state index contributed by atoms with van der Waals surface area (Å²) in [4.78, 5) is 12.7. The van der Waals surface area contributed by atoms with Crippen LogP contribution in [0.3, 0.4) is 0 Å². The largest absolute Gasteiger partial charge is 0.397 e. The van der Waals surface area contributed by atoms with Crippen LogP contribution in [0.5, 0.6) is 0 Å². The average Bonchev–Trinajstić information content (AvgIpc) is 2.88. The summed E-state index contributed by atoms with van der Waals surface area (Å²) in [5.74, 6) is 0. The Labute approximate surface area is 120 Å². The van der Waals surface area contributed by atoms with Crippen molar-refractivity contribution in [3.05, 3.63) is 41.4 Å². The van der Waals surface area contributed by atoms with Crippen molar-refractivity contribution in [2.45, 2.75) is 6.92 Å². The van der Waals surface area contributed by atoms with Gasteiger partial charge in [-0.25, -0.2) is 4.79 Å². The molecule has 0 unspecified atom stereocenters. The van der Waals surface area contributed by atoms with E-state index < -0.39 is 6.03 Å². The summed E-state index contributed by atoms with van der Waals surface area (Å²) in [6.07, 6.45) is 1.56. The molecule has 104 valence electrons. The highest BCUT2D eigenvalue weighted by molar-refractivity contribution is 6.31. The number of nitrogens with zero attached hydrogens (tertiary/aromatic N) is 3. The minimum absolute atomic E-state index is 0.0223. The van der Waals surface area contributed by atoms with Crippen LogP contribution >= 0.6 is 11.6 Å². The monoisotopic (exact) mass is 294 g/mol. The second-order valence-electron chi connectivity index (χ2n) is 3.88. The third-order valence-corrected chi connectivity index (χ3v) is 2.88. The van der Waals surface area contributed by atoms with Gasteiger partial charge in [0.1, 0.15) is 4.80 Å². The first-order chi connectivity index (χ1) is 9.61. The van der Waals surface area contributed by atoms with E-state index >= 15 is 0 Å². The maximum absolute atomic E-state index is 11.4. The minimum Gasteiger partial charge on any atom is -0.334 e. The topological polar surface area (TPSA) is 83.9 Å².